The zero-order valence-corrected chi connectivity index (χ0v) is 10.1. The van der Waals surface area contributed by atoms with Crippen molar-refractivity contribution in [2.24, 2.45) is 0 Å². The Balaban J connectivity index is 2.18. The molecule has 4 nitrogen and oxygen atoms in total. The SMILES string of the molecule is Cc1cc(N)cc(-c2ccc3c(N)n[nH]c3c2)c1. The van der Waals surface area contributed by atoms with E-state index in [4.69, 9.17) is 11.5 Å². The fraction of sp³-hybridized carbons (Fsp3) is 0.0714. The quantitative estimate of drug-likeness (QED) is 0.570. The third-order valence-electron chi connectivity index (χ3n) is 3.03. The van der Waals surface area contributed by atoms with Crippen molar-refractivity contribution >= 4 is 22.4 Å². The Bertz CT molecular complexity index is 707. The number of aryl methyl sites for hydroxylation is 1. The maximum Gasteiger partial charge on any atom is 0.153 e. The Morgan fingerprint density at radius 2 is 1.83 bits per heavy atom. The molecule has 0 amide bonds. The largest absolute Gasteiger partial charge is 0.399 e. The van der Waals surface area contributed by atoms with Crippen molar-refractivity contribution in [3.8, 4) is 11.1 Å². The Morgan fingerprint density at radius 3 is 2.61 bits per heavy atom. The maximum absolute atomic E-state index is 5.87. The van der Waals surface area contributed by atoms with Gasteiger partial charge in [0.2, 0.25) is 0 Å². The van der Waals surface area contributed by atoms with Crippen LogP contribution in [0.3, 0.4) is 0 Å². The number of fused-ring (bicyclic) bond motifs is 1. The summed E-state index contributed by atoms with van der Waals surface area (Å²) in [5.74, 6) is 0.528. The summed E-state index contributed by atoms with van der Waals surface area (Å²) in [6, 6.07) is 12.1. The van der Waals surface area contributed by atoms with Gasteiger partial charge in [-0.25, -0.2) is 0 Å². The molecule has 0 aliphatic carbocycles. The smallest absolute Gasteiger partial charge is 0.153 e. The fourth-order valence-electron chi connectivity index (χ4n) is 2.20. The fourth-order valence-corrected chi connectivity index (χ4v) is 2.20. The third kappa shape index (κ3) is 1.68. The minimum atomic E-state index is 0.528. The molecule has 0 saturated heterocycles. The lowest BCUT2D eigenvalue weighted by molar-refractivity contribution is 1.13. The average molecular weight is 238 g/mol. The van der Waals surface area contributed by atoms with Gasteiger partial charge in [-0.2, -0.15) is 5.10 Å². The topological polar surface area (TPSA) is 80.7 Å². The lowest BCUT2D eigenvalue weighted by Crippen LogP contribution is -1.88. The molecule has 1 aromatic heterocycles. The number of aromatic amines is 1. The molecule has 0 aliphatic rings. The predicted molar refractivity (Wildman–Crippen MR) is 75.1 cm³/mol. The Hall–Kier alpha value is -2.49. The number of nitrogens with zero attached hydrogens (tertiary/aromatic N) is 1. The highest BCUT2D eigenvalue weighted by molar-refractivity contribution is 5.91. The normalized spacial score (nSPS) is 10.9. The van der Waals surface area contributed by atoms with Gasteiger partial charge in [0.15, 0.2) is 5.82 Å². The van der Waals surface area contributed by atoms with Gasteiger partial charge in [-0.05, 0) is 47.9 Å². The molecule has 18 heavy (non-hydrogen) atoms. The monoisotopic (exact) mass is 238 g/mol. The predicted octanol–water partition coefficient (Wildman–Crippen LogP) is 2.70. The first kappa shape index (κ1) is 10.7. The molecule has 90 valence electrons. The highest BCUT2D eigenvalue weighted by atomic mass is 15.1. The van der Waals surface area contributed by atoms with Crippen molar-refractivity contribution in [2.45, 2.75) is 6.92 Å². The molecule has 0 unspecified atom stereocenters. The zero-order valence-electron chi connectivity index (χ0n) is 10.1. The van der Waals surface area contributed by atoms with Crippen molar-refractivity contribution in [2.75, 3.05) is 11.5 Å². The van der Waals surface area contributed by atoms with E-state index in [1.54, 1.807) is 0 Å². The van der Waals surface area contributed by atoms with E-state index >= 15 is 0 Å². The molecule has 0 radical (unpaired) electrons. The van der Waals surface area contributed by atoms with Crippen molar-refractivity contribution in [3.63, 3.8) is 0 Å². The molecular formula is C14H14N4. The number of anilines is 2. The lowest BCUT2D eigenvalue weighted by Gasteiger charge is -2.05. The van der Waals surface area contributed by atoms with Crippen LogP contribution < -0.4 is 11.5 Å². The molecule has 0 saturated carbocycles. The number of aromatic nitrogens is 2. The van der Waals surface area contributed by atoms with E-state index in [0.717, 1.165) is 33.3 Å². The number of hydrogen-bond donors (Lipinski definition) is 3. The molecule has 3 aromatic rings. The summed E-state index contributed by atoms with van der Waals surface area (Å²) in [6.45, 7) is 2.03. The van der Waals surface area contributed by atoms with E-state index in [0.29, 0.717) is 5.82 Å². The van der Waals surface area contributed by atoms with Crippen LogP contribution in [0.2, 0.25) is 0 Å². The van der Waals surface area contributed by atoms with Crippen molar-refractivity contribution in [1.29, 1.82) is 0 Å². The molecule has 0 spiro atoms. The van der Waals surface area contributed by atoms with E-state index in [1.165, 1.54) is 0 Å². The molecule has 0 aliphatic heterocycles. The van der Waals surface area contributed by atoms with Crippen LogP contribution in [0.5, 0.6) is 0 Å². The molecule has 3 rings (SSSR count). The zero-order chi connectivity index (χ0) is 12.7. The summed E-state index contributed by atoms with van der Waals surface area (Å²) in [7, 11) is 0. The molecule has 0 fully saturated rings. The summed E-state index contributed by atoms with van der Waals surface area (Å²) in [5, 5.41) is 7.86. The van der Waals surface area contributed by atoms with Gasteiger partial charge < -0.3 is 11.5 Å². The van der Waals surface area contributed by atoms with Gasteiger partial charge in [-0.3, -0.25) is 5.10 Å². The average Bonchev–Trinajstić information content (AvgIpc) is 2.69. The minimum Gasteiger partial charge on any atom is -0.399 e. The summed E-state index contributed by atoms with van der Waals surface area (Å²) in [4.78, 5) is 0. The van der Waals surface area contributed by atoms with E-state index in [2.05, 4.69) is 16.3 Å². The van der Waals surface area contributed by atoms with E-state index < -0.39 is 0 Å². The number of hydrogen-bond acceptors (Lipinski definition) is 3. The van der Waals surface area contributed by atoms with E-state index in [-0.39, 0.29) is 0 Å². The van der Waals surface area contributed by atoms with Gasteiger partial charge >= 0.3 is 0 Å². The van der Waals surface area contributed by atoms with Gasteiger partial charge in [-0.15, -0.1) is 0 Å². The second-order valence-electron chi connectivity index (χ2n) is 4.50. The second kappa shape index (κ2) is 3.77. The first-order valence-corrected chi connectivity index (χ1v) is 5.74. The van der Waals surface area contributed by atoms with E-state index in [1.807, 2.05) is 37.3 Å². The minimum absolute atomic E-state index is 0.528. The van der Waals surface area contributed by atoms with Gasteiger partial charge in [-0.1, -0.05) is 12.1 Å². The van der Waals surface area contributed by atoms with Crippen LogP contribution in [0.15, 0.2) is 36.4 Å². The molecule has 4 heteroatoms. The van der Waals surface area contributed by atoms with Crippen LogP contribution in [0.4, 0.5) is 11.5 Å². The van der Waals surface area contributed by atoms with Crippen LogP contribution in [0.1, 0.15) is 5.56 Å². The lowest BCUT2D eigenvalue weighted by atomic mass is 10.0. The van der Waals surface area contributed by atoms with Crippen LogP contribution in [0, 0.1) is 6.92 Å². The highest BCUT2D eigenvalue weighted by Gasteiger charge is 2.05. The number of nitrogens with one attached hydrogen (secondary N) is 1. The van der Waals surface area contributed by atoms with Crippen LogP contribution in [-0.2, 0) is 0 Å². The van der Waals surface area contributed by atoms with Gasteiger partial charge in [0.05, 0.1) is 5.52 Å². The standard InChI is InChI=1S/C14H14N4/c1-8-4-10(6-11(15)5-8)9-2-3-12-13(7-9)17-18-14(12)16/h2-7H,15H2,1H3,(H3,16,17,18). The molecule has 1 heterocycles. The number of rotatable bonds is 1. The molecular weight excluding hydrogens is 224 g/mol. The molecule has 0 atom stereocenters. The number of nitrogens with two attached hydrogens (primary N) is 2. The number of nitrogen functional groups attached to an aromatic ring is 2. The van der Waals surface area contributed by atoms with Crippen LogP contribution in [0.25, 0.3) is 22.0 Å². The molecule has 5 N–H and O–H groups in total. The Kier molecular flexibility index (Phi) is 2.23. The second-order valence-corrected chi connectivity index (χ2v) is 4.50. The molecule has 2 aromatic carbocycles. The molecule has 0 bridgehead atoms. The van der Waals surface area contributed by atoms with Gasteiger partial charge in [0.1, 0.15) is 0 Å². The Morgan fingerprint density at radius 1 is 1.00 bits per heavy atom. The van der Waals surface area contributed by atoms with Crippen LogP contribution >= 0.6 is 0 Å². The summed E-state index contributed by atoms with van der Waals surface area (Å²) in [6.07, 6.45) is 0. The van der Waals surface area contributed by atoms with Gasteiger partial charge in [0.25, 0.3) is 0 Å². The van der Waals surface area contributed by atoms with Crippen molar-refractivity contribution < 1.29 is 0 Å². The van der Waals surface area contributed by atoms with Crippen LogP contribution in [-0.4, -0.2) is 10.2 Å². The van der Waals surface area contributed by atoms with Gasteiger partial charge in [0, 0.05) is 11.1 Å². The maximum atomic E-state index is 5.87. The highest BCUT2D eigenvalue weighted by Crippen LogP contribution is 2.27. The van der Waals surface area contributed by atoms with Crippen molar-refractivity contribution in [3.05, 3.63) is 42.0 Å². The number of H-pyrrole nitrogens is 1. The Labute approximate surface area is 105 Å². The summed E-state index contributed by atoms with van der Waals surface area (Å²) < 4.78 is 0. The first-order valence-electron chi connectivity index (χ1n) is 5.74. The number of benzene rings is 2. The summed E-state index contributed by atoms with van der Waals surface area (Å²) in [5.41, 5.74) is 16.7. The third-order valence-corrected chi connectivity index (χ3v) is 3.03. The van der Waals surface area contributed by atoms with Crippen molar-refractivity contribution in [1.82, 2.24) is 10.2 Å². The van der Waals surface area contributed by atoms with E-state index in [9.17, 15) is 0 Å². The summed E-state index contributed by atoms with van der Waals surface area (Å²) >= 11 is 0. The first-order chi connectivity index (χ1) is 8.63.